The summed E-state index contributed by atoms with van der Waals surface area (Å²) >= 11 is 0. The van der Waals surface area contributed by atoms with Gasteiger partial charge in [0.15, 0.2) is 0 Å². The lowest BCUT2D eigenvalue weighted by Gasteiger charge is -2.19. The van der Waals surface area contributed by atoms with E-state index in [1.165, 1.54) is 99.1 Å². The monoisotopic (exact) mass is 686 g/mol. The SMILES string of the molecule is c1ccc(-c2cccc(-c3ccccc3)c2-n2c3ccccc3c3cc(-c4ccc5c(c4)c4ccccc4n5-c4cccc5ccccc45)ccc32)cc1. The maximum Gasteiger partial charge on any atom is 0.0618 e. The molecule has 0 spiro atoms. The van der Waals surface area contributed by atoms with Crippen LogP contribution in [0.2, 0.25) is 0 Å². The van der Waals surface area contributed by atoms with Crippen LogP contribution in [-0.2, 0) is 0 Å². The van der Waals surface area contributed by atoms with Crippen LogP contribution in [0.5, 0.6) is 0 Å². The Morgan fingerprint density at radius 1 is 0.259 bits per heavy atom. The quantitative estimate of drug-likeness (QED) is 0.171. The van der Waals surface area contributed by atoms with Crippen molar-refractivity contribution >= 4 is 54.4 Å². The van der Waals surface area contributed by atoms with Gasteiger partial charge < -0.3 is 9.13 Å². The summed E-state index contributed by atoms with van der Waals surface area (Å²) in [5.74, 6) is 0. The molecule has 252 valence electrons. The van der Waals surface area contributed by atoms with Crippen molar-refractivity contribution < 1.29 is 0 Å². The average Bonchev–Trinajstić information content (AvgIpc) is 3.76. The van der Waals surface area contributed by atoms with Gasteiger partial charge in [0.25, 0.3) is 0 Å². The Hall–Kier alpha value is -7.16. The lowest BCUT2D eigenvalue weighted by molar-refractivity contribution is 1.18. The van der Waals surface area contributed by atoms with Gasteiger partial charge in [0.05, 0.1) is 33.4 Å². The minimum Gasteiger partial charge on any atom is -0.309 e. The first-order valence-electron chi connectivity index (χ1n) is 18.6. The molecular formula is C52H34N2. The van der Waals surface area contributed by atoms with E-state index in [4.69, 9.17) is 0 Å². The molecule has 0 amide bonds. The summed E-state index contributed by atoms with van der Waals surface area (Å²) in [4.78, 5) is 0. The highest BCUT2D eigenvalue weighted by molar-refractivity contribution is 6.14. The van der Waals surface area contributed by atoms with Crippen LogP contribution in [-0.4, -0.2) is 9.13 Å². The van der Waals surface area contributed by atoms with E-state index in [1.807, 2.05) is 0 Å². The minimum atomic E-state index is 1.19. The molecule has 0 aliphatic heterocycles. The minimum absolute atomic E-state index is 1.19. The summed E-state index contributed by atoms with van der Waals surface area (Å²) < 4.78 is 4.92. The van der Waals surface area contributed by atoms with E-state index in [0.29, 0.717) is 0 Å². The van der Waals surface area contributed by atoms with Gasteiger partial charge in [-0.15, -0.1) is 0 Å². The highest BCUT2D eigenvalue weighted by Crippen LogP contribution is 2.43. The molecule has 2 heterocycles. The zero-order valence-electron chi connectivity index (χ0n) is 29.5. The second-order valence-corrected chi connectivity index (χ2v) is 14.1. The fourth-order valence-corrected chi connectivity index (χ4v) is 8.69. The highest BCUT2D eigenvalue weighted by Gasteiger charge is 2.21. The van der Waals surface area contributed by atoms with E-state index in [0.717, 1.165) is 0 Å². The first kappa shape index (κ1) is 30.5. The zero-order valence-corrected chi connectivity index (χ0v) is 29.5. The van der Waals surface area contributed by atoms with Crippen LogP contribution >= 0.6 is 0 Å². The molecule has 0 atom stereocenters. The third-order valence-corrected chi connectivity index (χ3v) is 11.1. The van der Waals surface area contributed by atoms with Crippen LogP contribution < -0.4 is 0 Å². The van der Waals surface area contributed by atoms with Gasteiger partial charge in [-0.05, 0) is 70.1 Å². The van der Waals surface area contributed by atoms with E-state index in [9.17, 15) is 0 Å². The number of hydrogen-bond donors (Lipinski definition) is 0. The molecule has 0 bridgehead atoms. The number of benzene rings is 9. The summed E-state index contributed by atoms with van der Waals surface area (Å²) in [7, 11) is 0. The molecule has 2 aromatic heterocycles. The maximum absolute atomic E-state index is 2.49. The molecule has 0 aliphatic rings. The second-order valence-electron chi connectivity index (χ2n) is 14.1. The molecule has 11 rings (SSSR count). The van der Waals surface area contributed by atoms with E-state index in [1.54, 1.807) is 0 Å². The molecule has 0 fully saturated rings. The summed E-state index contributed by atoms with van der Waals surface area (Å²) in [6.45, 7) is 0. The molecule has 0 saturated carbocycles. The number of nitrogens with zero attached hydrogens (tertiary/aromatic N) is 2. The predicted molar refractivity (Wildman–Crippen MR) is 229 cm³/mol. The van der Waals surface area contributed by atoms with Crippen molar-refractivity contribution in [2.75, 3.05) is 0 Å². The Balaban J connectivity index is 1.14. The predicted octanol–water partition coefficient (Wildman–Crippen LogP) is 14.0. The summed E-state index contributed by atoms with van der Waals surface area (Å²) in [5, 5.41) is 7.48. The summed E-state index contributed by atoms with van der Waals surface area (Å²) in [6, 6.07) is 75.2. The normalized spacial score (nSPS) is 11.7. The van der Waals surface area contributed by atoms with Gasteiger partial charge in [-0.25, -0.2) is 0 Å². The van der Waals surface area contributed by atoms with Crippen molar-refractivity contribution in [1.29, 1.82) is 0 Å². The largest absolute Gasteiger partial charge is 0.309 e. The maximum atomic E-state index is 2.49. The van der Waals surface area contributed by atoms with Gasteiger partial charge in [0.1, 0.15) is 0 Å². The highest BCUT2D eigenvalue weighted by atomic mass is 15.0. The number of hydrogen-bond acceptors (Lipinski definition) is 0. The number of fused-ring (bicyclic) bond motifs is 7. The third-order valence-electron chi connectivity index (χ3n) is 11.1. The van der Waals surface area contributed by atoms with Crippen LogP contribution in [0.15, 0.2) is 206 Å². The molecular weight excluding hydrogens is 653 g/mol. The first-order chi connectivity index (χ1) is 26.8. The van der Waals surface area contributed by atoms with Crippen molar-refractivity contribution in [3.05, 3.63) is 206 Å². The number of aromatic nitrogens is 2. The van der Waals surface area contributed by atoms with Crippen LogP contribution in [0, 0.1) is 0 Å². The molecule has 54 heavy (non-hydrogen) atoms. The topological polar surface area (TPSA) is 9.86 Å². The Morgan fingerprint density at radius 2 is 0.704 bits per heavy atom. The fourth-order valence-electron chi connectivity index (χ4n) is 8.69. The molecule has 2 nitrogen and oxygen atoms in total. The van der Waals surface area contributed by atoms with Crippen molar-refractivity contribution in [3.8, 4) is 44.8 Å². The molecule has 0 saturated heterocycles. The molecule has 0 unspecified atom stereocenters. The third kappa shape index (κ3) is 4.67. The zero-order chi connectivity index (χ0) is 35.6. The summed E-state index contributed by atoms with van der Waals surface area (Å²) in [5.41, 5.74) is 14.4. The molecule has 0 aliphatic carbocycles. The lowest BCUT2D eigenvalue weighted by atomic mass is 9.95. The van der Waals surface area contributed by atoms with Crippen molar-refractivity contribution in [1.82, 2.24) is 9.13 Å². The van der Waals surface area contributed by atoms with Crippen LogP contribution in [0.4, 0.5) is 0 Å². The molecule has 0 N–H and O–H groups in total. The van der Waals surface area contributed by atoms with Crippen molar-refractivity contribution in [3.63, 3.8) is 0 Å². The van der Waals surface area contributed by atoms with Gasteiger partial charge in [0, 0.05) is 38.1 Å². The summed E-state index contributed by atoms with van der Waals surface area (Å²) in [6.07, 6.45) is 0. The van der Waals surface area contributed by atoms with Gasteiger partial charge in [-0.1, -0.05) is 164 Å². The number of rotatable bonds is 5. The van der Waals surface area contributed by atoms with Crippen LogP contribution in [0.25, 0.3) is 99.1 Å². The molecule has 0 radical (unpaired) electrons. The molecule has 2 heteroatoms. The van der Waals surface area contributed by atoms with Gasteiger partial charge in [-0.3, -0.25) is 0 Å². The van der Waals surface area contributed by atoms with Crippen LogP contribution in [0.1, 0.15) is 0 Å². The van der Waals surface area contributed by atoms with E-state index in [-0.39, 0.29) is 0 Å². The van der Waals surface area contributed by atoms with E-state index < -0.39 is 0 Å². The van der Waals surface area contributed by atoms with Crippen LogP contribution in [0.3, 0.4) is 0 Å². The van der Waals surface area contributed by atoms with E-state index >= 15 is 0 Å². The number of para-hydroxylation sites is 3. The Morgan fingerprint density at radius 3 is 1.31 bits per heavy atom. The average molecular weight is 687 g/mol. The Bertz CT molecular complexity index is 3140. The standard InChI is InChI=1S/C52H34N2/c1-3-15-36(16-4-1)41-24-14-25-42(37-17-5-2-6-18-37)52(41)54-49-27-12-10-23-44(49)46-34-39(30-32-51(46)54)38-29-31-50-45(33-38)43-22-9-11-26-48(43)53(50)47-28-13-20-35-19-7-8-21-40(35)47/h1-34H. The smallest absolute Gasteiger partial charge is 0.0618 e. The van der Waals surface area contributed by atoms with Gasteiger partial charge in [-0.2, -0.15) is 0 Å². The Labute approximate surface area is 313 Å². The molecule has 11 aromatic rings. The molecule has 9 aromatic carbocycles. The van der Waals surface area contributed by atoms with E-state index in [2.05, 4.69) is 215 Å². The van der Waals surface area contributed by atoms with Gasteiger partial charge in [0.2, 0.25) is 0 Å². The van der Waals surface area contributed by atoms with Crippen molar-refractivity contribution in [2.45, 2.75) is 0 Å². The second kappa shape index (κ2) is 12.2. The van der Waals surface area contributed by atoms with Gasteiger partial charge >= 0.3 is 0 Å². The van der Waals surface area contributed by atoms with Crippen molar-refractivity contribution in [2.24, 2.45) is 0 Å². The lowest BCUT2D eigenvalue weighted by Crippen LogP contribution is -2.00. The first-order valence-corrected chi connectivity index (χ1v) is 18.6. The Kier molecular flexibility index (Phi) is 6.90. The fraction of sp³-hybridized carbons (Fsp3) is 0.